The average Bonchev–Trinajstić information content (AvgIpc) is 3.24. The molecule has 28 heavy (non-hydrogen) atoms. The zero-order valence-electron chi connectivity index (χ0n) is 15.0. The molecule has 0 spiro atoms. The third-order valence-corrected chi connectivity index (χ3v) is 3.86. The van der Waals surface area contributed by atoms with Gasteiger partial charge in [0.15, 0.2) is 5.76 Å². The van der Waals surface area contributed by atoms with Crippen molar-refractivity contribution in [1.82, 2.24) is 5.32 Å². The van der Waals surface area contributed by atoms with E-state index >= 15 is 0 Å². The smallest absolute Gasteiger partial charge is 0.291 e. The first kappa shape index (κ1) is 19.2. The highest BCUT2D eigenvalue weighted by molar-refractivity contribution is 6.02. The maximum absolute atomic E-state index is 12.8. The molecule has 0 aliphatic heterocycles. The van der Waals surface area contributed by atoms with Crippen LogP contribution in [0, 0.1) is 5.82 Å². The number of hydrogen-bond donors (Lipinski definition) is 2. The molecular weight excluding hydrogens is 363 g/mol. The summed E-state index contributed by atoms with van der Waals surface area (Å²) in [4.78, 5) is 23.8. The summed E-state index contributed by atoms with van der Waals surface area (Å²) in [7, 11) is 0. The topological polar surface area (TPSA) is 80.6 Å². The van der Waals surface area contributed by atoms with Crippen LogP contribution in [0.25, 0.3) is 0 Å². The first-order valence-corrected chi connectivity index (χ1v) is 8.69. The highest BCUT2D eigenvalue weighted by atomic mass is 19.1. The molecule has 2 aromatic carbocycles. The molecule has 0 atom stereocenters. The minimum atomic E-state index is -0.336. The molecule has 0 aliphatic rings. The van der Waals surface area contributed by atoms with Crippen molar-refractivity contribution < 1.29 is 23.1 Å². The lowest BCUT2D eigenvalue weighted by Crippen LogP contribution is -2.24. The Kier molecular flexibility index (Phi) is 6.41. The summed E-state index contributed by atoms with van der Waals surface area (Å²) in [5, 5.41) is 5.52. The second-order valence-corrected chi connectivity index (χ2v) is 5.96. The van der Waals surface area contributed by atoms with Crippen molar-refractivity contribution in [1.29, 1.82) is 0 Å². The number of rotatable bonds is 8. The van der Waals surface area contributed by atoms with Gasteiger partial charge in [0.2, 0.25) is 5.91 Å². The predicted molar refractivity (Wildman–Crippen MR) is 101 cm³/mol. The maximum atomic E-state index is 12.8. The summed E-state index contributed by atoms with van der Waals surface area (Å²) in [5.41, 5.74) is 1.52. The van der Waals surface area contributed by atoms with Gasteiger partial charge in [-0.05, 0) is 54.1 Å². The third kappa shape index (κ3) is 5.70. The summed E-state index contributed by atoms with van der Waals surface area (Å²) in [6, 6.07) is 16.0. The third-order valence-electron chi connectivity index (χ3n) is 3.86. The normalized spacial score (nSPS) is 10.3. The molecule has 0 bridgehead atoms. The molecule has 1 heterocycles. The lowest BCUT2D eigenvalue weighted by Gasteiger charge is -2.08. The zero-order chi connectivity index (χ0) is 19.8. The standard InChI is InChI=1S/C21H19FN2O4/c22-16-5-9-18(10-6-16)27-13-11-20(25)23-14-15-3-7-17(8-4-15)24-21(26)19-2-1-12-28-19/h1-10,12H,11,13-14H2,(H,23,25)(H,24,26). The maximum Gasteiger partial charge on any atom is 0.291 e. The highest BCUT2D eigenvalue weighted by Gasteiger charge is 2.08. The van der Waals surface area contributed by atoms with Gasteiger partial charge in [-0.1, -0.05) is 12.1 Å². The molecule has 0 saturated heterocycles. The Labute approximate surface area is 161 Å². The Balaban J connectivity index is 1.38. The summed E-state index contributed by atoms with van der Waals surface area (Å²) in [6.07, 6.45) is 1.63. The SMILES string of the molecule is O=C(CCOc1ccc(F)cc1)NCc1ccc(NC(=O)c2ccco2)cc1. The van der Waals surface area contributed by atoms with Gasteiger partial charge in [0.05, 0.1) is 19.3 Å². The van der Waals surface area contributed by atoms with Crippen LogP contribution in [0.4, 0.5) is 10.1 Å². The monoisotopic (exact) mass is 382 g/mol. The van der Waals surface area contributed by atoms with Crippen LogP contribution in [0.2, 0.25) is 0 Å². The second kappa shape index (κ2) is 9.36. The number of nitrogens with one attached hydrogen (secondary N) is 2. The average molecular weight is 382 g/mol. The van der Waals surface area contributed by atoms with Crippen LogP contribution in [0.15, 0.2) is 71.3 Å². The molecule has 1 aromatic heterocycles. The molecule has 0 radical (unpaired) electrons. The number of benzene rings is 2. The van der Waals surface area contributed by atoms with Crippen LogP contribution in [0.3, 0.4) is 0 Å². The van der Waals surface area contributed by atoms with Crippen molar-refractivity contribution >= 4 is 17.5 Å². The molecule has 0 fully saturated rings. The Morgan fingerprint density at radius 3 is 2.43 bits per heavy atom. The van der Waals surface area contributed by atoms with E-state index in [0.717, 1.165) is 5.56 Å². The van der Waals surface area contributed by atoms with Gasteiger partial charge in [0, 0.05) is 12.2 Å². The second-order valence-electron chi connectivity index (χ2n) is 5.96. The number of amides is 2. The van der Waals surface area contributed by atoms with E-state index < -0.39 is 0 Å². The summed E-state index contributed by atoms with van der Waals surface area (Å²) >= 11 is 0. The highest BCUT2D eigenvalue weighted by Crippen LogP contribution is 2.13. The molecule has 144 valence electrons. The van der Waals surface area contributed by atoms with Gasteiger partial charge < -0.3 is 19.8 Å². The molecule has 7 heteroatoms. The van der Waals surface area contributed by atoms with Crippen LogP contribution >= 0.6 is 0 Å². The number of halogens is 1. The van der Waals surface area contributed by atoms with Gasteiger partial charge >= 0.3 is 0 Å². The van der Waals surface area contributed by atoms with E-state index in [9.17, 15) is 14.0 Å². The fourth-order valence-electron chi connectivity index (χ4n) is 2.39. The quantitative estimate of drug-likeness (QED) is 0.622. The van der Waals surface area contributed by atoms with E-state index in [1.807, 2.05) is 12.1 Å². The summed E-state index contributed by atoms with van der Waals surface area (Å²) < 4.78 is 23.2. The van der Waals surface area contributed by atoms with Crippen molar-refractivity contribution in [2.75, 3.05) is 11.9 Å². The number of furan rings is 1. The molecular formula is C21H19FN2O4. The summed E-state index contributed by atoms with van der Waals surface area (Å²) in [5.74, 6) is -0.0678. The van der Waals surface area contributed by atoms with Crippen LogP contribution in [0.1, 0.15) is 22.5 Å². The molecule has 0 aliphatic carbocycles. The van der Waals surface area contributed by atoms with Gasteiger partial charge in [-0.3, -0.25) is 9.59 Å². The van der Waals surface area contributed by atoms with Crippen molar-refractivity contribution in [2.45, 2.75) is 13.0 Å². The fraction of sp³-hybridized carbons (Fsp3) is 0.143. The Morgan fingerprint density at radius 2 is 1.75 bits per heavy atom. The van der Waals surface area contributed by atoms with Gasteiger partial charge in [0.1, 0.15) is 11.6 Å². The van der Waals surface area contributed by atoms with E-state index in [1.165, 1.54) is 30.5 Å². The molecule has 6 nitrogen and oxygen atoms in total. The van der Waals surface area contributed by atoms with Crippen LogP contribution in [-0.2, 0) is 11.3 Å². The number of carbonyl (C=O) groups is 2. The first-order chi connectivity index (χ1) is 13.6. The van der Waals surface area contributed by atoms with Gasteiger partial charge in [-0.15, -0.1) is 0 Å². The van der Waals surface area contributed by atoms with E-state index in [0.29, 0.717) is 18.0 Å². The lowest BCUT2D eigenvalue weighted by atomic mass is 10.2. The van der Waals surface area contributed by atoms with Gasteiger partial charge in [-0.25, -0.2) is 4.39 Å². The lowest BCUT2D eigenvalue weighted by molar-refractivity contribution is -0.121. The Hall–Kier alpha value is -3.61. The predicted octanol–water partition coefficient (Wildman–Crippen LogP) is 3.76. The van der Waals surface area contributed by atoms with Crippen LogP contribution in [-0.4, -0.2) is 18.4 Å². The number of anilines is 1. The molecule has 2 N–H and O–H groups in total. The molecule has 2 amide bonds. The molecule has 0 saturated carbocycles. The van der Waals surface area contributed by atoms with E-state index in [2.05, 4.69) is 10.6 Å². The van der Waals surface area contributed by atoms with Crippen molar-refractivity contribution in [2.24, 2.45) is 0 Å². The zero-order valence-corrected chi connectivity index (χ0v) is 15.0. The Morgan fingerprint density at radius 1 is 1.00 bits per heavy atom. The van der Waals surface area contributed by atoms with Crippen LogP contribution < -0.4 is 15.4 Å². The minimum Gasteiger partial charge on any atom is -0.493 e. The fourth-order valence-corrected chi connectivity index (χ4v) is 2.39. The number of hydrogen-bond acceptors (Lipinski definition) is 4. The Bertz CT molecular complexity index is 907. The van der Waals surface area contributed by atoms with Crippen LogP contribution in [0.5, 0.6) is 5.75 Å². The summed E-state index contributed by atoms with van der Waals surface area (Å²) in [6.45, 7) is 0.566. The van der Waals surface area contributed by atoms with E-state index in [4.69, 9.17) is 9.15 Å². The van der Waals surface area contributed by atoms with Crippen molar-refractivity contribution in [3.8, 4) is 5.75 Å². The molecule has 0 unspecified atom stereocenters. The van der Waals surface area contributed by atoms with E-state index in [1.54, 1.807) is 24.3 Å². The largest absolute Gasteiger partial charge is 0.493 e. The first-order valence-electron chi connectivity index (χ1n) is 8.69. The van der Waals surface area contributed by atoms with Crippen molar-refractivity contribution in [3.05, 3.63) is 84.1 Å². The number of ether oxygens (including phenoxy) is 1. The molecule has 3 rings (SSSR count). The molecule has 3 aromatic rings. The van der Waals surface area contributed by atoms with Gasteiger partial charge in [-0.2, -0.15) is 0 Å². The number of carbonyl (C=O) groups excluding carboxylic acids is 2. The van der Waals surface area contributed by atoms with Crippen molar-refractivity contribution in [3.63, 3.8) is 0 Å². The minimum absolute atomic E-state index is 0.155. The van der Waals surface area contributed by atoms with E-state index in [-0.39, 0.29) is 36.4 Å². The van der Waals surface area contributed by atoms with Gasteiger partial charge in [0.25, 0.3) is 5.91 Å².